The largest absolute Gasteiger partial charge is 0.0979 e. The Labute approximate surface area is 233 Å². The fourth-order valence-electron chi connectivity index (χ4n) is 7.40. The van der Waals surface area contributed by atoms with Crippen molar-refractivity contribution in [1.82, 2.24) is 0 Å². The number of hydrogen-bond acceptors (Lipinski definition) is 0. The molecule has 1 heteroatoms. The molecule has 188 valence electrons. The summed E-state index contributed by atoms with van der Waals surface area (Å²) < 4.78 is 0. The normalized spacial score (nSPS) is 21.9. The van der Waals surface area contributed by atoms with Gasteiger partial charge in [-0.25, -0.2) is 0 Å². The fourth-order valence-corrected chi connectivity index (χ4v) is 9.31. The summed E-state index contributed by atoms with van der Waals surface area (Å²) in [5.41, 5.74) is 18.9. The standard InChI is InChI=1S/C38H31P/c1-23-10-5-6-11-28(23)24(2)29-13-9-14-30-32-20-25(16-17-27(32)22-33(29)30)26-18-19-36-34(21-26)31-12-7-8-15-35(31)37(3)38(36,4)39-37/h5-21,39H,2,22H2,1,3-4H3. The predicted molar refractivity (Wildman–Crippen MR) is 168 cm³/mol. The molecular formula is C38H31P. The van der Waals surface area contributed by atoms with E-state index >= 15 is 0 Å². The average Bonchev–Trinajstić information content (AvgIpc) is 3.37. The molecule has 0 N–H and O–H groups in total. The van der Waals surface area contributed by atoms with E-state index in [4.69, 9.17) is 0 Å². The quantitative estimate of drug-likeness (QED) is 0.205. The minimum Gasteiger partial charge on any atom is -0.0979 e. The summed E-state index contributed by atoms with van der Waals surface area (Å²) in [6.45, 7) is 11.6. The lowest BCUT2D eigenvalue weighted by atomic mass is 9.72. The molecule has 0 bridgehead atoms. The molecule has 0 amide bonds. The second kappa shape index (κ2) is 7.91. The Morgan fingerprint density at radius 2 is 1.28 bits per heavy atom. The van der Waals surface area contributed by atoms with E-state index in [0.29, 0.717) is 0 Å². The van der Waals surface area contributed by atoms with E-state index in [9.17, 15) is 0 Å². The van der Waals surface area contributed by atoms with Gasteiger partial charge in [-0.15, -0.1) is 0 Å². The molecule has 0 nitrogen and oxygen atoms in total. The molecule has 1 saturated heterocycles. The first-order valence-electron chi connectivity index (χ1n) is 13.9. The molecule has 0 saturated carbocycles. The van der Waals surface area contributed by atoms with Crippen molar-refractivity contribution in [3.05, 3.63) is 149 Å². The lowest BCUT2D eigenvalue weighted by Gasteiger charge is -2.30. The number of fused-ring (bicyclic) bond motifs is 9. The Morgan fingerprint density at radius 3 is 2.10 bits per heavy atom. The van der Waals surface area contributed by atoms with Crippen LogP contribution < -0.4 is 0 Å². The highest BCUT2D eigenvalue weighted by molar-refractivity contribution is 7.50. The van der Waals surface area contributed by atoms with Crippen LogP contribution in [-0.2, 0) is 16.7 Å². The fraction of sp³-hybridized carbons (Fsp3) is 0.158. The average molecular weight is 519 g/mol. The van der Waals surface area contributed by atoms with Gasteiger partial charge < -0.3 is 0 Å². The van der Waals surface area contributed by atoms with Crippen LogP contribution >= 0.6 is 8.58 Å². The van der Waals surface area contributed by atoms with Crippen LogP contribution in [0.5, 0.6) is 0 Å². The van der Waals surface area contributed by atoms with Crippen LogP contribution in [0.15, 0.2) is 110 Å². The zero-order valence-corrected chi connectivity index (χ0v) is 23.7. The molecule has 8 rings (SSSR count). The highest BCUT2D eigenvalue weighted by Gasteiger charge is 2.65. The minimum absolute atomic E-state index is 0.266. The third-order valence-corrected chi connectivity index (χ3v) is 12.1. The van der Waals surface area contributed by atoms with Crippen LogP contribution in [0.25, 0.3) is 39.0 Å². The summed E-state index contributed by atoms with van der Waals surface area (Å²) in [7, 11) is 0.943. The van der Waals surface area contributed by atoms with Gasteiger partial charge in [-0.05, 0) is 103 Å². The Balaban J connectivity index is 1.22. The predicted octanol–water partition coefficient (Wildman–Crippen LogP) is 10.1. The van der Waals surface area contributed by atoms with Crippen LogP contribution in [0, 0.1) is 6.92 Å². The number of rotatable bonds is 3. The van der Waals surface area contributed by atoms with Crippen molar-refractivity contribution in [2.75, 3.05) is 0 Å². The molecule has 1 heterocycles. The number of benzene rings is 5. The third kappa shape index (κ3) is 3.10. The maximum absolute atomic E-state index is 4.54. The minimum atomic E-state index is 0.266. The van der Waals surface area contributed by atoms with Crippen LogP contribution in [-0.4, -0.2) is 0 Å². The maximum Gasteiger partial charge on any atom is 0.0243 e. The first kappa shape index (κ1) is 23.2. The van der Waals surface area contributed by atoms with Crippen molar-refractivity contribution in [3.63, 3.8) is 0 Å². The molecule has 5 aromatic rings. The van der Waals surface area contributed by atoms with Crippen LogP contribution in [0.3, 0.4) is 0 Å². The van der Waals surface area contributed by atoms with Gasteiger partial charge in [0.15, 0.2) is 0 Å². The van der Waals surface area contributed by atoms with E-state index in [1.807, 2.05) is 0 Å². The first-order valence-corrected chi connectivity index (χ1v) is 14.9. The third-order valence-electron chi connectivity index (χ3n) is 9.82. The van der Waals surface area contributed by atoms with Gasteiger partial charge in [-0.3, -0.25) is 0 Å². The van der Waals surface area contributed by atoms with Gasteiger partial charge in [0.05, 0.1) is 0 Å². The Kier molecular flexibility index (Phi) is 4.70. The van der Waals surface area contributed by atoms with Gasteiger partial charge in [0.2, 0.25) is 0 Å². The second-order valence-electron chi connectivity index (χ2n) is 11.9. The van der Waals surface area contributed by atoms with E-state index < -0.39 is 0 Å². The smallest absolute Gasteiger partial charge is 0.0243 e. The van der Waals surface area contributed by atoms with Crippen molar-refractivity contribution >= 4 is 14.2 Å². The molecule has 0 spiro atoms. The van der Waals surface area contributed by atoms with Crippen LogP contribution in [0.4, 0.5) is 0 Å². The highest BCUT2D eigenvalue weighted by Crippen LogP contribution is 2.83. The van der Waals surface area contributed by atoms with Crippen LogP contribution in [0.2, 0.25) is 0 Å². The Morgan fingerprint density at radius 1 is 0.641 bits per heavy atom. The lowest BCUT2D eigenvalue weighted by molar-refractivity contribution is 0.612. The van der Waals surface area contributed by atoms with Crippen molar-refractivity contribution < 1.29 is 0 Å². The topological polar surface area (TPSA) is 0 Å². The van der Waals surface area contributed by atoms with Gasteiger partial charge in [-0.2, -0.15) is 0 Å². The Hall–Kier alpha value is -3.73. The molecule has 5 aromatic carbocycles. The van der Waals surface area contributed by atoms with E-state index in [1.54, 1.807) is 0 Å². The first-order chi connectivity index (χ1) is 18.9. The summed E-state index contributed by atoms with van der Waals surface area (Å²) in [5.74, 6) is 0. The monoisotopic (exact) mass is 518 g/mol. The zero-order valence-electron chi connectivity index (χ0n) is 22.7. The maximum atomic E-state index is 4.54. The van der Waals surface area contributed by atoms with Gasteiger partial charge in [0.25, 0.3) is 0 Å². The van der Waals surface area contributed by atoms with Gasteiger partial charge in [-0.1, -0.05) is 120 Å². The van der Waals surface area contributed by atoms with Crippen molar-refractivity contribution in [3.8, 4) is 33.4 Å². The Bertz CT molecular complexity index is 1870. The summed E-state index contributed by atoms with van der Waals surface area (Å²) >= 11 is 0. The van der Waals surface area contributed by atoms with Gasteiger partial charge in [0, 0.05) is 10.3 Å². The summed E-state index contributed by atoms with van der Waals surface area (Å²) in [5, 5.41) is 0.553. The lowest BCUT2D eigenvalue weighted by Crippen LogP contribution is -2.22. The molecule has 3 aliphatic rings. The molecule has 3 atom stereocenters. The van der Waals surface area contributed by atoms with Crippen molar-refractivity contribution in [2.45, 2.75) is 37.5 Å². The number of aryl methyl sites for hydroxylation is 1. The van der Waals surface area contributed by atoms with E-state index in [1.165, 1.54) is 72.3 Å². The molecule has 2 aliphatic carbocycles. The van der Waals surface area contributed by atoms with E-state index in [2.05, 4.69) is 130 Å². The summed E-state index contributed by atoms with van der Waals surface area (Å²) in [6.07, 6.45) is 0.960. The second-order valence-corrected chi connectivity index (χ2v) is 14.1. The summed E-state index contributed by atoms with van der Waals surface area (Å²) in [6, 6.07) is 38.7. The molecule has 39 heavy (non-hydrogen) atoms. The zero-order chi connectivity index (χ0) is 26.5. The van der Waals surface area contributed by atoms with Gasteiger partial charge >= 0.3 is 0 Å². The van der Waals surface area contributed by atoms with E-state index in [-0.39, 0.29) is 10.3 Å². The highest BCUT2D eigenvalue weighted by atomic mass is 31.1. The molecule has 1 aliphatic heterocycles. The van der Waals surface area contributed by atoms with E-state index in [0.717, 1.165) is 20.6 Å². The molecule has 1 fully saturated rings. The summed E-state index contributed by atoms with van der Waals surface area (Å²) in [4.78, 5) is 0. The molecule has 0 aromatic heterocycles. The molecule has 0 radical (unpaired) electrons. The molecule has 3 unspecified atom stereocenters. The van der Waals surface area contributed by atoms with Crippen molar-refractivity contribution in [2.24, 2.45) is 0 Å². The van der Waals surface area contributed by atoms with Gasteiger partial charge in [0.1, 0.15) is 0 Å². The SMILES string of the molecule is C=C(c1ccccc1C)c1cccc2c1Cc1ccc(-c3ccc4c(c3)-c3ccccc3C3(C)PC43C)cc1-2. The van der Waals surface area contributed by atoms with Crippen LogP contribution in [0.1, 0.15) is 52.8 Å². The van der Waals surface area contributed by atoms with Crippen molar-refractivity contribution in [1.29, 1.82) is 0 Å². The number of hydrogen-bond donors (Lipinski definition) is 0. The molecular weight excluding hydrogens is 487 g/mol.